The number of aromatic nitrogens is 2. The number of imidazole rings is 1. The predicted octanol–water partition coefficient (Wildman–Crippen LogP) is -0.613. The van der Waals surface area contributed by atoms with Crippen LogP contribution in [0.3, 0.4) is 0 Å². The van der Waals surface area contributed by atoms with Gasteiger partial charge in [0.05, 0.1) is 0 Å². The highest BCUT2D eigenvalue weighted by molar-refractivity contribution is 5.64. The van der Waals surface area contributed by atoms with Crippen molar-refractivity contribution in [1.29, 1.82) is 0 Å². The van der Waals surface area contributed by atoms with Crippen LogP contribution < -0.4 is 4.57 Å². The summed E-state index contributed by atoms with van der Waals surface area (Å²) in [6.07, 6.45) is 4.92. The molecule has 0 saturated heterocycles. The number of aliphatic carboxylic acids is 1. The van der Waals surface area contributed by atoms with Gasteiger partial charge >= 0.3 is 5.97 Å². The van der Waals surface area contributed by atoms with Crippen molar-refractivity contribution in [3.63, 3.8) is 0 Å². The van der Waals surface area contributed by atoms with Crippen molar-refractivity contribution < 1.29 is 14.5 Å². The van der Waals surface area contributed by atoms with Gasteiger partial charge in [-0.25, -0.2) is 9.36 Å². The first-order valence-electron chi connectivity index (χ1n) is 2.52. The maximum absolute atomic E-state index is 10.0. The van der Waals surface area contributed by atoms with Gasteiger partial charge in [-0.15, -0.1) is 0 Å². The van der Waals surface area contributed by atoms with E-state index in [1.807, 2.05) is 0 Å². The van der Waals surface area contributed by atoms with Crippen molar-refractivity contribution in [3.05, 3.63) is 18.7 Å². The molecular formula is C5H7N2O2+. The predicted molar refractivity (Wildman–Crippen MR) is 28.6 cm³/mol. The van der Waals surface area contributed by atoms with Gasteiger partial charge in [0.25, 0.3) is 0 Å². The first-order chi connectivity index (χ1) is 4.29. The Balaban J connectivity index is 2.58. The fourth-order valence-corrected chi connectivity index (χ4v) is 0.575. The van der Waals surface area contributed by atoms with Crippen LogP contribution in [0, 0.1) is 0 Å². The summed E-state index contributed by atoms with van der Waals surface area (Å²) in [5.41, 5.74) is 0. The van der Waals surface area contributed by atoms with Gasteiger partial charge in [0.15, 0.2) is 6.54 Å². The normalized spacial score (nSPS) is 9.33. The number of hydrogen-bond acceptors (Lipinski definition) is 1. The zero-order chi connectivity index (χ0) is 6.69. The maximum atomic E-state index is 10.0. The number of rotatable bonds is 2. The first kappa shape index (κ1) is 5.81. The zero-order valence-corrected chi connectivity index (χ0v) is 4.74. The highest BCUT2D eigenvalue weighted by Gasteiger charge is 2.01. The van der Waals surface area contributed by atoms with Crippen LogP contribution in [0.4, 0.5) is 0 Å². The van der Waals surface area contributed by atoms with Crippen molar-refractivity contribution >= 4 is 5.97 Å². The fourth-order valence-electron chi connectivity index (χ4n) is 0.575. The Kier molecular flexibility index (Phi) is 1.48. The molecule has 0 aromatic carbocycles. The second kappa shape index (κ2) is 2.30. The molecule has 4 heteroatoms. The van der Waals surface area contributed by atoms with Crippen molar-refractivity contribution in [1.82, 2.24) is 4.98 Å². The third-order valence-corrected chi connectivity index (χ3v) is 0.920. The molecule has 0 saturated carbocycles. The van der Waals surface area contributed by atoms with E-state index in [-0.39, 0.29) is 6.54 Å². The summed E-state index contributed by atoms with van der Waals surface area (Å²) in [4.78, 5) is 12.8. The van der Waals surface area contributed by atoms with Crippen LogP contribution in [-0.4, -0.2) is 16.1 Å². The molecule has 1 heterocycles. The molecule has 0 atom stereocenters. The molecule has 0 bridgehead atoms. The minimum absolute atomic E-state index is 0.0174. The zero-order valence-electron chi connectivity index (χ0n) is 4.74. The molecule has 2 N–H and O–H groups in total. The smallest absolute Gasteiger partial charge is 0.346 e. The lowest BCUT2D eigenvalue weighted by Gasteiger charge is -1.84. The van der Waals surface area contributed by atoms with Crippen LogP contribution in [0.25, 0.3) is 0 Å². The van der Waals surface area contributed by atoms with Gasteiger partial charge < -0.3 is 5.11 Å². The number of aromatic amines is 1. The highest BCUT2D eigenvalue weighted by Crippen LogP contribution is 1.69. The molecule has 9 heavy (non-hydrogen) atoms. The van der Waals surface area contributed by atoms with Crippen molar-refractivity contribution in [2.45, 2.75) is 6.54 Å². The summed E-state index contributed by atoms with van der Waals surface area (Å²) in [7, 11) is 0. The molecule has 48 valence electrons. The topological polar surface area (TPSA) is 57.0 Å². The van der Waals surface area contributed by atoms with Crippen molar-refractivity contribution in [2.24, 2.45) is 0 Å². The molecule has 0 aliphatic carbocycles. The van der Waals surface area contributed by atoms with E-state index in [0.717, 1.165) is 0 Å². The summed E-state index contributed by atoms with van der Waals surface area (Å²) in [5.74, 6) is -0.834. The molecule has 1 aromatic heterocycles. The van der Waals surface area contributed by atoms with Gasteiger partial charge in [-0.3, -0.25) is 4.98 Å². The number of hydrogen-bond donors (Lipinski definition) is 2. The Morgan fingerprint density at radius 2 is 2.56 bits per heavy atom. The van der Waals surface area contributed by atoms with E-state index in [1.54, 1.807) is 23.3 Å². The number of carboxylic acids is 1. The molecule has 0 fully saturated rings. The summed E-state index contributed by atoms with van der Waals surface area (Å²) in [6, 6.07) is 0. The lowest BCUT2D eigenvalue weighted by atomic mass is 10.6. The third-order valence-electron chi connectivity index (χ3n) is 0.920. The number of nitrogens with one attached hydrogen (secondary N) is 1. The Hall–Kier alpha value is -1.32. The number of carboxylic acid groups (broad SMARTS) is 1. The molecule has 0 amide bonds. The number of carbonyl (C=O) groups is 1. The lowest BCUT2D eigenvalue weighted by Crippen LogP contribution is -2.34. The maximum Gasteiger partial charge on any atom is 0.346 e. The van der Waals surface area contributed by atoms with Gasteiger partial charge in [-0.05, 0) is 0 Å². The van der Waals surface area contributed by atoms with E-state index in [2.05, 4.69) is 4.98 Å². The van der Waals surface area contributed by atoms with Crippen LogP contribution in [-0.2, 0) is 11.3 Å². The van der Waals surface area contributed by atoms with Gasteiger partial charge in [0.1, 0.15) is 12.4 Å². The molecule has 4 nitrogen and oxygen atoms in total. The standard InChI is InChI=1S/C5H6N2O2/c8-5(9)3-7-2-1-6-4-7/h1-2,4H,3H2,(H,8,9)/p+1. The lowest BCUT2D eigenvalue weighted by molar-refractivity contribution is -0.684. The molecule has 0 radical (unpaired) electrons. The van der Waals surface area contributed by atoms with Gasteiger partial charge in [0, 0.05) is 0 Å². The molecule has 0 aliphatic heterocycles. The van der Waals surface area contributed by atoms with Gasteiger partial charge in [-0.1, -0.05) is 0 Å². The van der Waals surface area contributed by atoms with E-state index in [9.17, 15) is 4.79 Å². The van der Waals surface area contributed by atoms with E-state index in [1.165, 1.54) is 0 Å². The van der Waals surface area contributed by atoms with Crippen LogP contribution in [0.15, 0.2) is 18.7 Å². The minimum atomic E-state index is -0.834. The number of nitrogens with zero attached hydrogens (tertiary/aromatic N) is 1. The summed E-state index contributed by atoms with van der Waals surface area (Å²) in [6.45, 7) is 0.0174. The molecule has 0 unspecified atom stereocenters. The Labute approximate surface area is 51.8 Å². The monoisotopic (exact) mass is 127 g/mol. The van der Waals surface area contributed by atoms with Crippen molar-refractivity contribution in [2.75, 3.05) is 0 Å². The molecule has 0 aliphatic rings. The Morgan fingerprint density at radius 3 is 3.00 bits per heavy atom. The Morgan fingerprint density at radius 1 is 1.78 bits per heavy atom. The van der Waals surface area contributed by atoms with Crippen LogP contribution in [0.5, 0.6) is 0 Å². The van der Waals surface area contributed by atoms with Gasteiger partial charge in [-0.2, -0.15) is 0 Å². The molecule has 0 spiro atoms. The number of H-pyrrole nitrogens is 1. The van der Waals surface area contributed by atoms with Crippen molar-refractivity contribution in [3.8, 4) is 0 Å². The quantitative estimate of drug-likeness (QED) is 0.520. The largest absolute Gasteiger partial charge is 0.478 e. The molecular weight excluding hydrogens is 120 g/mol. The highest BCUT2D eigenvalue weighted by atomic mass is 16.4. The summed E-state index contributed by atoms with van der Waals surface area (Å²) < 4.78 is 1.54. The third kappa shape index (κ3) is 1.56. The van der Waals surface area contributed by atoms with Crippen LogP contribution in [0.1, 0.15) is 0 Å². The van der Waals surface area contributed by atoms with E-state index < -0.39 is 5.97 Å². The minimum Gasteiger partial charge on any atom is -0.478 e. The van der Waals surface area contributed by atoms with E-state index in [0.29, 0.717) is 0 Å². The average Bonchev–Trinajstić information content (AvgIpc) is 2.15. The SMILES string of the molecule is O=C(O)C[n+]1cc[nH]c1. The van der Waals surface area contributed by atoms with Crippen LogP contribution in [0.2, 0.25) is 0 Å². The van der Waals surface area contributed by atoms with E-state index in [4.69, 9.17) is 5.11 Å². The fraction of sp³-hybridized carbons (Fsp3) is 0.200. The Bertz CT molecular complexity index is 193. The molecule has 1 aromatic rings. The van der Waals surface area contributed by atoms with Gasteiger partial charge in [0.2, 0.25) is 6.33 Å². The molecule has 1 rings (SSSR count). The van der Waals surface area contributed by atoms with E-state index >= 15 is 0 Å². The second-order valence-electron chi connectivity index (χ2n) is 1.68. The summed E-state index contributed by atoms with van der Waals surface area (Å²) in [5, 5.41) is 8.25. The second-order valence-corrected chi connectivity index (χ2v) is 1.68. The average molecular weight is 127 g/mol. The summed E-state index contributed by atoms with van der Waals surface area (Å²) >= 11 is 0. The first-order valence-corrected chi connectivity index (χ1v) is 2.52. The van der Waals surface area contributed by atoms with Crippen LogP contribution >= 0.6 is 0 Å².